The number of piperidine rings is 1. The molecule has 0 aliphatic carbocycles. The van der Waals surface area contributed by atoms with Gasteiger partial charge in [-0.05, 0) is 73.4 Å². The Kier molecular flexibility index (Phi) is 7.44. The average molecular weight is 535 g/mol. The van der Waals surface area contributed by atoms with Gasteiger partial charge >= 0.3 is 0 Å². The Bertz CT molecular complexity index is 1560. The average Bonchev–Trinajstić information content (AvgIpc) is 2.96. The summed E-state index contributed by atoms with van der Waals surface area (Å²) in [5.41, 5.74) is 5.32. The maximum Gasteiger partial charge on any atom is 0.223 e. The van der Waals surface area contributed by atoms with E-state index in [4.69, 9.17) is 26.3 Å². The number of hydrogen-bond acceptors (Lipinski definition) is 5. The van der Waals surface area contributed by atoms with E-state index in [2.05, 4.69) is 53.5 Å². The lowest BCUT2D eigenvalue weighted by Crippen LogP contribution is -2.39. The molecule has 5 aromatic rings. The van der Waals surface area contributed by atoms with Gasteiger partial charge in [-0.2, -0.15) is 0 Å². The van der Waals surface area contributed by atoms with Gasteiger partial charge in [0.1, 0.15) is 11.5 Å². The summed E-state index contributed by atoms with van der Waals surface area (Å²) >= 11 is 6.03. The van der Waals surface area contributed by atoms with Gasteiger partial charge in [0.15, 0.2) is 0 Å². The Morgan fingerprint density at radius 1 is 0.872 bits per heavy atom. The molecular formula is C33H31ClN4O. The van der Waals surface area contributed by atoms with Crippen molar-refractivity contribution in [2.45, 2.75) is 32.4 Å². The molecule has 1 aliphatic rings. The van der Waals surface area contributed by atoms with Gasteiger partial charge in [0.2, 0.25) is 5.95 Å². The summed E-state index contributed by atoms with van der Waals surface area (Å²) in [6, 6.07) is 32.9. The van der Waals surface area contributed by atoms with Crippen LogP contribution in [0.3, 0.4) is 0 Å². The monoisotopic (exact) mass is 534 g/mol. The first-order chi connectivity index (χ1) is 19.1. The van der Waals surface area contributed by atoms with Gasteiger partial charge in [0.25, 0.3) is 0 Å². The zero-order valence-electron chi connectivity index (χ0n) is 22.0. The van der Waals surface area contributed by atoms with Crippen LogP contribution in [0.25, 0.3) is 22.0 Å². The highest BCUT2D eigenvalue weighted by Gasteiger charge is 2.20. The molecule has 5 nitrogen and oxygen atoms in total. The van der Waals surface area contributed by atoms with Crippen LogP contribution in [0.5, 0.6) is 11.5 Å². The molecule has 0 unspecified atom stereocenters. The van der Waals surface area contributed by atoms with E-state index in [0.29, 0.717) is 12.0 Å². The standard InChI is InChI=1S/C33H31ClN4O/c1-23-30-21-25(29-9-5-6-10-32(29)39-28-7-3-2-4-8-28)13-16-31(30)37-33(35-23)36-27-17-19-38(20-18-27)22-24-11-14-26(34)15-12-24/h2-16,21,27H,17-20,22H2,1H3,(H,35,36,37). The SMILES string of the molecule is Cc1nc(NC2CCN(Cc3ccc(Cl)cc3)CC2)nc2ccc(-c3ccccc3Oc3ccccc3)cc12. The Balaban J connectivity index is 1.15. The van der Waals surface area contributed by atoms with Crippen LogP contribution in [0.1, 0.15) is 24.1 Å². The molecule has 4 aromatic carbocycles. The molecule has 0 atom stereocenters. The van der Waals surface area contributed by atoms with E-state index in [1.807, 2.05) is 60.7 Å². The van der Waals surface area contributed by atoms with Crippen LogP contribution in [-0.4, -0.2) is 34.0 Å². The van der Waals surface area contributed by atoms with E-state index >= 15 is 0 Å². The normalized spacial score (nSPS) is 14.4. The second-order valence-electron chi connectivity index (χ2n) is 10.1. The summed E-state index contributed by atoms with van der Waals surface area (Å²) in [4.78, 5) is 12.2. The highest BCUT2D eigenvalue weighted by Crippen LogP contribution is 2.35. The summed E-state index contributed by atoms with van der Waals surface area (Å²) in [7, 11) is 0. The molecular weight excluding hydrogens is 504 g/mol. The van der Waals surface area contributed by atoms with Crippen molar-refractivity contribution in [2.75, 3.05) is 18.4 Å². The maximum absolute atomic E-state index is 6.21. The second-order valence-corrected chi connectivity index (χ2v) is 10.5. The molecule has 0 amide bonds. The van der Waals surface area contributed by atoms with Crippen LogP contribution in [-0.2, 0) is 6.54 Å². The van der Waals surface area contributed by atoms with Gasteiger partial charge in [0.05, 0.1) is 11.2 Å². The Morgan fingerprint density at radius 2 is 1.62 bits per heavy atom. The van der Waals surface area contributed by atoms with Gasteiger partial charge in [-0.1, -0.05) is 66.2 Å². The molecule has 6 rings (SSSR count). The minimum atomic E-state index is 0.365. The molecule has 1 fully saturated rings. The highest BCUT2D eigenvalue weighted by atomic mass is 35.5. The Labute approximate surface area is 234 Å². The van der Waals surface area contributed by atoms with E-state index in [9.17, 15) is 0 Å². The number of nitrogens with zero attached hydrogens (tertiary/aromatic N) is 3. The van der Waals surface area contributed by atoms with Crippen molar-refractivity contribution in [1.29, 1.82) is 0 Å². The molecule has 1 saturated heterocycles. The maximum atomic E-state index is 6.21. The first-order valence-electron chi connectivity index (χ1n) is 13.4. The van der Waals surface area contributed by atoms with Gasteiger partial charge in [0, 0.05) is 41.6 Å². The molecule has 1 N–H and O–H groups in total. The summed E-state index contributed by atoms with van der Waals surface area (Å²) in [5, 5.41) is 5.43. The van der Waals surface area contributed by atoms with Crippen LogP contribution < -0.4 is 10.1 Å². The summed E-state index contributed by atoms with van der Waals surface area (Å²) in [6.45, 7) is 5.10. The lowest BCUT2D eigenvalue weighted by molar-refractivity contribution is 0.211. The van der Waals surface area contributed by atoms with Gasteiger partial charge < -0.3 is 10.1 Å². The quantitative estimate of drug-likeness (QED) is 0.228. The van der Waals surface area contributed by atoms with E-state index in [1.54, 1.807) is 0 Å². The van der Waals surface area contributed by atoms with E-state index in [-0.39, 0.29) is 0 Å². The third kappa shape index (κ3) is 6.06. The van der Waals surface area contributed by atoms with Crippen LogP contribution in [0.4, 0.5) is 5.95 Å². The minimum Gasteiger partial charge on any atom is -0.457 e. The van der Waals surface area contributed by atoms with Crippen molar-refractivity contribution in [3.8, 4) is 22.6 Å². The summed E-state index contributed by atoms with van der Waals surface area (Å²) < 4.78 is 6.21. The molecule has 0 spiro atoms. The van der Waals surface area contributed by atoms with Gasteiger partial charge in [-0.15, -0.1) is 0 Å². The molecule has 0 radical (unpaired) electrons. The Hall–Kier alpha value is -3.93. The largest absolute Gasteiger partial charge is 0.457 e. The number of benzene rings is 4. The van der Waals surface area contributed by atoms with Crippen molar-refractivity contribution >= 4 is 28.5 Å². The van der Waals surface area contributed by atoms with Gasteiger partial charge in [-0.3, -0.25) is 4.90 Å². The molecule has 196 valence electrons. The number of likely N-dealkylation sites (tertiary alicyclic amines) is 1. The predicted octanol–water partition coefficient (Wildman–Crippen LogP) is 8.13. The fraction of sp³-hybridized carbons (Fsp3) is 0.212. The van der Waals surface area contributed by atoms with Crippen molar-refractivity contribution in [1.82, 2.24) is 14.9 Å². The number of hydrogen-bond donors (Lipinski definition) is 1. The summed E-state index contributed by atoms with van der Waals surface area (Å²) in [5.74, 6) is 2.34. The number of anilines is 1. The molecule has 1 aliphatic heterocycles. The lowest BCUT2D eigenvalue weighted by Gasteiger charge is -2.32. The van der Waals surface area contributed by atoms with E-state index < -0.39 is 0 Å². The molecule has 6 heteroatoms. The molecule has 0 saturated carbocycles. The first kappa shape index (κ1) is 25.4. The number of fused-ring (bicyclic) bond motifs is 1. The van der Waals surface area contributed by atoms with Gasteiger partial charge in [-0.25, -0.2) is 9.97 Å². The second kappa shape index (κ2) is 11.4. The van der Waals surface area contributed by atoms with Crippen molar-refractivity contribution in [3.63, 3.8) is 0 Å². The third-order valence-electron chi connectivity index (χ3n) is 7.30. The number of aromatic nitrogens is 2. The zero-order chi connectivity index (χ0) is 26.6. The van der Waals surface area contributed by atoms with Crippen molar-refractivity contribution < 1.29 is 4.74 Å². The van der Waals surface area contributed by atoms with Crippen LogP contribution in [0.15, 0.2) is 97.1 Å². The number of rotatable bonds is 7. The third-order valence-corrected chi connectivity index (χ3v) is 7.55. The number of nitrogens with one attached hydrogen (secondary N) is 1. The minimum absolute atomic E-state index is 0.365. The number of halogens is 1. The smallest absolute Gasteiger partial charge is 0.223 e. The topological polar surface area (TPSA) is 50.3 Å². The number of ether oxygens (including phenoxy) is 1. The lowest BCUT2D eigenvalue weighted by atomic mass is 10.0. The van der Waals surface area contributed by atoms with Crippen molar-refractivity contribution in [2.24, 2.45) is 0 Å². The molecule has 0 bridgehead atoms. The Morgan fingerprint density at radius 3 is 2.41 bits per heavy atom. The van der Waals surface area contributed by atoms with Crippen LogP contribution >= 0.6 is 11.6 Å². The summed E-state index contributed by atoms with van der Waals surface area (Å²) in [6.07, 6.45) is 2.12. The predicted molar refractivity (Wildman–Crippen MR) is 160 cm³/mol. The fourth-order valence-corrected chi connectivity index (χ4v) is 5.32. The highest BCUT2D eigenvalue weighted by molar-refractivity contribution is 6.30. The van der Waals surface area contributed by atoms with E-state index in [1.165, 1.54) is 5.56 Å². The van der Waals surface area contributed by atoms with Crippen LogP contribution in [0.2, 0.25) is 5.02 Å². The zero-order valence-corrected chi connectivity index (χ0v) is 22.7. The number of aryl methyl sites for hydroxylation is 1. The first-order valence-corrected chi connectivity index (χ1v) is 13.8. The van der Waals surface area contributed by atoms with E-state index in [0.717, 1.165) is 76.7 Å². The molecule has 2 heterocycles. The molecule has 1 aromatic heterocycles. The number of para-hydroxylation sites is 2. The van der Waals surface area contributed by atoms with Crippen molar-refractivity contribution in [3.05, 3.63) is 113 Å². The van der Waals surface area contributed by atoms with Crippen LogP contribution in [0, 0.1) is 6.92 Å². The molecule has 39 heavy (non-hydrogen) atoms. The fourth-order valence-electron chi connectivity index (χ4n) is 5.19.